The fraction of sp³-hybridized carbons (Fsp3) is 1.00. The molecule has 1 N–H and O–H groups in total. The van der Waals surface area contributed by atoms with E-state index in [4.69, 9.17) is 0 Å². The minimum absolute atomic E-state index is 0.254. The van der Waals surface area contributed by atoms with Gasteiger partial charge in [-0.2, -0.15) is 0 Å². The van der Waals surface area contributed by atoms with E-state index in [-0.39, 0.29) is 5.54 Å². The average molecular weight is 295 g/mol. The molecule has 1 saturated heterocycles. The third kappa shape index (κ3) is 5.56. The lowest BCUT2D eigenvalue weighted by atomic mass is 9.83. The molecule has 2 aliphatic rings. The Balaban J connectivity index is 1.83. The first-order chi connectivity index (χ1) is 9.92. The predicted octanol–water partition coefficient (Wildman–Crippen LogP) is 4.45. The van der Waals surface area contributed by atoms with Gasteiger partial charge in [-0.25, -0.2) is 0 Å². The van der Waals surface area contributed by atoms with Gasteiger partial charge < -0.3 is 10.2 Å². The predicted molar refractivity (Wildman–Crippen MR) is 92.7 cm³/mol. The summed E-state index contributed by atoms with van der Waals surface area (Å²) in [7, 11) is 0. The van der Waals surface area contributed by atoms with Crippen molar-refractivity contribution in [2.45, 2.75) is 84.6 Å². The molecule has 0 radical (unpaired) electrons. The van der Waals surface area contributed by atoms with Gasteiger partial charge in [-0.05, 0) is 70.9 Å². The van der Waals surface area contributed by atoms with Crippen LogP contribution in [0.1, 0.15) is 79.1 Å². The molecule has 2 fully saturated rings. The van der Waals surface area contributed by atoms with Crippen molar-refractivity contribution in [2.75, 3.05) is 26.2 Å². The van der Waals surface area contributed by atoms with Crippen molar-refractivity contribution in [1.82, 2.24) is 10.2 Å². The summed E-state index contributed by atoms with van der Waals surface area (Å²) < 4.78 is 0. The van der Waals surface area contributed by atoms with E-state index < -0.39 is 0 Å². The van der Waals surface area contributed by atoms with Crippen LogP contribution in [0.4, 0.5) is 0 Å². The van der Waals surface area contributed by atoms with E-state index in [0.717, 1.165) is 5.92 Å². The molecule has 2 heteroatoms. The van der Waals surface area contributed by atoms with E-state index in [1.165, 1.54) is 77.5 Å². The summed E-state index contributed by atoms with van der Waals surface area (Å²) in [5, 5.41) is 3.80. The van der Waals surface area contributed by atoms with Crippen LogP contribution in [0, 0.1) is 11.3 Å². The molecule has 1 saturated carbocycles. The number of piperidine rings is 1. The van der Waals surface area contributed by atoms with Crippen LogP contribution in [-0.4, -0.2) is 36.6 Å². The van der Waals surface area contributed by atoms with Gasteiger partial charge in [0, 0.05) is 18.6 Å². The summed E-state index contributed by atoms with van der Waals surface area (Å²) in [6.45, 7) is 14.5. The molecular weight excluding hydrogens is 256 g/mol. The second-order valence-electron chi connectivity index (χ2n) is 8.82. The van der Waals surface area contributed by atoms with Gasteiger partial charge in [-0.3, -0.25) is 0 Å². The smallest absolute Gasteiger partial charge is 0.00967 e. The van der Waals surface area contributed by atoms with Crippen molar-refractivity contribution < 1.29 is 0 Å². The van der Waals surface area contributed by atoms with Gasteiger partial charge in [0.15, 0.2) is 0 Å². The lowest BCUT2D eigenvalue weighted by Crippen LogP contribution is -2.49. The number of rotatable bonds is 6. The summed E-state index contributed by atoms with van der Waals surface area (Å²) in [5.41, 5.74) is 0.814. The number of nitrogens with zero attached hydrogens (tertiary/aromatic N) is 1. The lowest BCUT2D eigenvalue weighted by Gasteiger charge is -2.40. The Morgan fingerprint density at radius 1 is 1.10 bits per heavy atom. The number of hydrogen-bond donors (Lipinski definition) is 1. The molecule has 2 rings (SSSR count). The SMILES string of the molecule is CCCC1CCN(CC2(CNC(C)(C)C)CCCC2)CC1. The Bertz CT molecular complexity index is 291. The molecule has 0 atom stereocenters. The van der Waals surface area contributed by atoms with Crippen molar-refractivity contribution in [2.24, 2.45) is 11.3 Å². The molecule has 0 bridgehead atoms. The number of hydrogen-bond acceptors (Lipinski definition) is 2. The van der Waals surface area contributed by atoms with Crippen LogP contribution in [0.5, 0.6) is 0 Å². The highest BCUT2D eigenvalue weighted by Crippen LogP contribution is 2.39. The second-order valence-corrected chi connectivity index (χ2v) is 8.82. The Kier molecular flexibility index (Phi) is 6.14. The summed E-state index contributed by atoms with van der Waals surface area (Å²) in [6, 6.07) is 0. The van der Waals surface area contributed by atoms with Gasteiger partial charge in [0.2, 0.25) is 0 Å². The topological polar surface area (TPSA) is 15.3 Å². The lowest BCUT2D eigenvalue weighted by molar-refractivity contribution is 0.103. The summed E-state index contributed by atoms with van der Waals surface area (Å²) in [5.74, 6) is 1.01. The van der Waals surface area contributed by atoms with Gasteiger partial charge in [-0.1, -0.05) is 32.6 Å². The zero-order valence-corrected chi connectivity index (χ0v) is 15.0. The maximum Gasteiger partial charge on any atom is 0.00967 e. The van der Waals surface area contributed by atoms with Gasteiger partial charge in [0.1, 0.15) is 0 Å². The summed E-state index contributed by atoms with van der Waals surface area (Å²) in [6.07, 6.45) is 11.5. The molecule has 1 heterocycles. The zero-order valence-electron chi connectivity index (χ0n) is 15.0. The van der Waals surface area contributed by atoms with E-state index in [1.807, 2.05) is 0 Å². The quantitative estimate of drug-likeness (QED) is 0.778. The highest BCUT2D eigenvalue weighted by molar-refractivity contribution is 4.92. The number of nitrogens with one attached hydrogen (secondary N) is 1. The van der Waals surface area contributed by atoms with Crippen molar-refractivity contribution in [3.8, 4) is 0 Å². The van der Waals surface area contributed by atoms with Crippen LogP contribution in [0.3, 0.4) is 0 Å². The van der Waals surface area contributed by atoms with Crippen LogP contribution < -0.4 is 5.32 Å². The maximum atomic E-state index is 3.80. The fourth-order valence-electron chi connectivity index (χ4n) is 4.28. The second kappa shape index (κ2) is 7.46. The molecule has 0 amide bonds. The van der Waals surface area contributed by atoms with Crippen molar-refractivity contribution >= 4 is 0 Å². The molecule has 1 aliphatic heterocycles. The minimum atomic E-state index is 0.254. The minimum Gasteiger partial charge on any atom is -0.311 e. The highest BCUT2D eigenvalue weighted by atomic mass is 15.1. The normalized spacial score (nSPS) is 24.6. The Morgan fingerprint density at radius 2 is 1.71 bits per heavy atom. The van der Waals surface area contributed by atoms with E-state index >= 15 is 0 Å². The van der Waals surface area contributed by atoms with Gasteiger partial charge in [-0.15, -0.1) is 0 Å². The Morgan fingerprint density at radius 3 is 2.24 bits per heavy atom. The summed E-state index contributed by atoms with van der Waals surface area (Å²) >= 11 is 0. The monoisotopic (exact) mass is 294 g/mol. The van der Waals surface area contributed by atoms with Gasteiger partial charge in [0.05, 0.1) is 0 Å². The molecule has 124 valence electrons. The van der Waals surface area contributed by atoms with E-state index in [9.17, 15) is 0 Å². The van der Waals surface area contributed by atoms with Crippen molar-refractivity contribution in [3.05, 3.63) is 0 Å². The fourth-order valence-corrected chi connectivity index (χ4v) is 4.28. The van der Waals surface area contributed by atoms with E-state index in [0.29, 0.717) is 5.41 Å². The molecule has 2 nitrogen and oxygen atoms in total. The van der Waals surface area contributed by atoms with Crippen LogP contribution >= 0.6 is 0 Å². The first-order valence-corrected chi connectivity index (χ1v) is 9.40. The standard InChI is InChI=1S/C19H38N2/c1-5-8-17-9-13-21(14-10-17)16-19(11-6-7-12-19)15-20-18(2,3)4/h17,20H,5-16H2,1-4H3. The third-order valence-electron chi connectivity index (χ3n) is 5.62. The Labute approximate surface area is 133 Å². The highest BCUT2D eigenvalue weighted by Gasteiger charge is 2.36. The largest absolute Gasteiger partial charge is 0.311 e. The van der Waals surface area contributed by atoms with Crippen LogP contribution in [0.15, 0.2) is 0 Å². The maximum absolute atomic E-state index is 3.80. The molecule has 1 aliphatic carbocycles. The van der Waals surface area contributed by atoms with Crippen molar-refractivity contribution in [1.29, 1.82) is 0 Å². The van der Waals surface area contributed by atoms with Gasteiger partial charge >= 0.3 is 0 Å². The molecule has 0 aromatic rings. The van der Waals surface area contributed by atoms with Crippen molar-refractivity contribution in [3.63, 3.8) is 0 Å². The van der Waals surface area contributed by atoms with Gasteiger partial charge in [0.25, 0.3) is 0 Å². The van der Waals surface area contributed by atoms with Crippen LogP contribution in [0.25, 0.3) is 0 Å². The molecule has 0 spiro atoms. The zero-order chi connectivity index (χ0) is 15.3. The van der Waals surface area contributed by atoms with E-state index in [2.05, 4.69) is 37.9 Å². The Hall–Kier alpha value is -0.0800. The van der Waals surface area contributed by atoms with Crippen LogP contribution in [0.2, 0.25) is 0 Å². The molecule has 0 aromatic heterocycles. The number of likely N-dealkylation sites (tertiary alicyclic amines) is 1. The molecule has 21 heavy (non-hydrogen) atoms. The third-order valence-corrected chi connectivity index (χ3v) is 5.62. The average Bonchev–Trinajstić information content (AvgIpc) is 2.88. The first-order valence-electron chi connectivity index (χ1n) is 9.40. The summed E-state index contributed by atoms with van der Waals surface area (Å²) in [4.78, 5) is 2.78. The first kappa shape index (κ1) is 17.3. The molecule has 0 aromatic carbocycles. The molecule has 0 unspecified atom stereocenters. The van der Waals surface area contributed by atoms with E-state index in [1.54, 1.807) is 0 Å². The van der Waals surface area contributed by atoms with Crippen LogP contribution in [-0.2, 0) is 0 Å². The molecular formula is C19H38N2.